The number of nitrogens with one attached hydrogen (secondary N) is 1. The molecule has 0 radical (unpaired) electrons. The van der Waals surface area contributed by atoms with E-state index in [1.807, 2.05) is 79.7 Å². The molecule has 220 valence electrons. The van der Waals surface area contributed by atoms with Crippen LogP contribution in [0.15, 0.2) is 72.8 Å². The van der Waals surface area contributed by atoms with Gasteiger partial charge in [-0.1, -0.05) is 66.8 Å². The van der Waals surface area contributed by atoms with Crippen LogP contribution in [0.5, 0.6) is 17.2 Å². The second-order valence-corrected chi connectivity index (χ2v) is 10.6. The van der Waals surface area contributed by atoms with E-state index in [0.29, 0.717) is 46.8 Å². The van der Waals surface area contributed by atoms with E-state index >= 15 is 0 Å². The third-order valence-electron chi connectivity index (χ3n) is 6.94. The molecule has 42 heavy (non-hydrogen) atoms. The fourth-order valence-corrected chi connectivity index (χ4v) is 5.41. The Morgan fingerprint density at radius 3 is 2.38 bits per heavy atom. The Morgan fingerprint density at radius 2 is 1.67 bits per heavy atom. The Kier molecular flexibility index (Phi) is 10.9. The van der Waals surface area contributed by atoms with E-state index in [9.17, 15) is 9.59 Å². The van der Waals surface area contributed by atoms with Gasteiger partial charge in [0.05, 0.1) is 27.2 Å². The van der Waals surface area contributed by atoms with E-state index in [4.69, 9.17) is 14.2 Å². The predicted molar refractivity (Wildman–Crippen MR) is 164 cm³/mol. The Hall–Kier alpha value is -4.44. The molecule has 1 heterocycles. The number of carbonyl (C=O) groups excluding carboxylic acids is 2. The molecular formula is C32H36N4O5S. The summed E-state index contributed by atoms with van der Waals surface area (Å²) >= 11 is 1.28. The van der Waals surface area contributed by atoms with Gasteiger partial charge in [-0.05, 0) is 48.2 Å². The third-order valence-corrected chi connectivity index (χ3v) is 7.82. The van der Waals surface area contributed by atoms with Crippen molar-refractivity contribution in [2.45, 2.75) is 32.1 Å². The van der Waals surface area contributed by atoms with Crippen LogP contribution >= 0.6 is 11.3 Å². The van der Waals surface area contributed by atoms with Crippen molar-refractivity contribution in [3.8, 4) is 27.8 Å². The Balaban J connectivity index is 1.45. The molecule has 3 aromatic carbocycles. The minimum absolute atomic E-state index is 0.00629. The van der Waals surface area contributed by atoms with Gasteiger partial charge in [-0.15, -0.1) is 10.2 Å². The first-order chi connectivity index (χ1) is 20.4. The van der Waals surface area contributed by atoms with E-state index in [1.165, 1.54) is 11.3 Å². The molecule has 0 fully saturated rings. The SMILES string of the molecule is CC[C@@H](C(=O)N(CCC(=O)Nc1nnc(-c2cccc(OC)c2)s1)CCc1ccc(OC)c(OC)c1)c1ccccc1. The van der Waals surface area contributed by atoms with Crippen molar-refractivity contribution < 1.29 is 23.8 Å². The number of anilines is 1. The van der Waals surface area contributed by atoms with Crippen LogP contribution in [-0.2, 0) is 16.0 Å². The number of methoxy groups -OCH3 is 3. The maximum Gasteiger partial charge on any atom is 0.230 e. The van der Waals surface area contributed by atoms with E-state index in [2.05, 4.69) is 15.5 Å². The van der Waals surface area contributed by atoms with Gasteiger partial charge in [-0.3, -0.25) is 9.59 Å². The lowest BCUT2D eigenvalue weighted by atomic mass is 9.94. The van der Waals surface area contributed by atoms with Gasteiger partial charge in [-0.25, -0.2) is 0 Å². The highest BCUT2D eigenvalue weighted by Crippen LogP contribution is 2.30. The van der Waals surface area contributed by atoms with Crippen molar-refractivity contribution in [3.63, 3.8) is 0 Å². The number of benzene rings is 3. The highest BCUT2D eigenvalue weighted by atomic mass is 32.1. The molecule has 1 N–H and O–H groups in total. The quantitative estimate of drug-likeness (QED) is 0.198. The van der Waals surface area contributed by atoms with Gasteiger partial charge >= 0.3 is 0 Å². The van der Waals surface area contributed by atoms with Gasteiger partial charge in [-0.2, -0.15) is 0 Å². The molecule has 0 aliphatic heterocycles. The van der Waals surface area contributed by atoms with E-state index in [1.54, 1.807) is 26.2 Å². The number of hydrogen-bond donors (Lipinski definition) is 1. The molecule has 0 aliphatic rings. The zero-order valence-corrected chi connectivity index (χ0v) is 25.1. The molecule has 2 amide bonds. The molecule has 4 rings (SSSR count). The zero-order chi connectivity index (χ0) is 29.9. The molecule has 9 nitrogen and oxygen atoms in total. The first kappa shape index (κ1) is 30.5. The van der Waals surface area contributed by atoms with Crippen LogP contribution in [0.25, 0.3) is 10.6 Å². The van der Waals surface area contributed by atoms with Crippen LogP contribution in [0.4, 0.5) is 5.13 Å². The largest absolute Gasteiger partial charge is 0.497 e. The summed E-state index contributed by atoms with van der Waals surface area (Å²) in [7, 11) is 4.80. The van der Waals surface area contributed by atoms with Crippen molar-refractivity contribution in [2.75, 3.05) is 39.7 Å². The number of hydrogen-bond acceptors (Lipinski definition) is 8. The lowest BCUT2D eigenvalue weighted by molar-refractivity contribution is -0.133. The maximum atomic E-state index is 13.8. The van der Waals surface area contributed by atoms with Crippen molar-refractivity contribution in [2.24, 2.45) is 0 Å². The highest BCUT2D eigenvalue weighted by Gasteiger charge is 2.25. The first-order valence-corrected chi connectivity index (χ1v) is 14.6. The predicted octanol–water partition coefficient (Wildman–Crippen LogP) is 5.82. The fraction of sp³-hybridized carbons (Fsp3) is 0.312. The van der Waals surface area contributed by atoms with Crippen LogP contribution in [0.1, 0.15) is 36.8 Å². The summed E-state index contributed by atoms with van der Waals surface area (Å²) in [6.45, 7) is 2.72. The van der Waals surface area contributed by atoms with Crippen LogP contribution in [0.3, 0.4) is 0 Å². The Bertz CT molecular complexity index is 1480. The van der Waals surface area contributed by atoms with Gasteiger partial charge in [0.1, 0.15) is 10.8 Å². The number of carbonyl (C=O) groups is 2. The summed E-state index contributed by atoms with van der Waals surface area (Å²) < 4.78 is 16.1. The highest BCUT2D eigenvalue weighted by molar-refractivity contribution is 7.18. The summed E-state index contributed by atoms with van der Waals surface area (Å²) in [6, 6.07) is 23.0. The molecule has 10 heteroatoms. The number of nitrogens with zero attached hydrogens (tertiary/aromatic N) is 3. The van der Waals surface area contributed by atoms with Crippen LogP contribution in [-0.4, -0.2) is 61.3 Å². The van der Waals surface area contributed by atoms with Gasteiger partial charge < -0.3 is 24.4 Å². The molecule has 0 unspecified atom stereocenters. The number of rotatable bonds is 14. The number of amides is 2. The Labute approximate surface area is 250 Å². The molecule has 0 aliphatic carbocycles. The standard InChI is InChI=1S/C32H36N4O5S/c1-5-26(23-10-7-6-8-11-23)31(38)36(18-16-22-14-15-27(40-3)28(20-22)41-4)19-17-29(37)33-32-35-34-30(42-32)24-12-9-13-25(21-24)39-2/h6-15,20-21,26H,5,16-19H2,1-4H3,(H,33,35,37)/t26-/m1/s1. The second-order valence-electron chi connectivity index (χ2n) is 9.58. The summed E-state index contributed by atoms with van der Waals surface area (Å²) in [4.78, 5) is 28.6. The lowest BCUT2D eigenvalue weighted by Crippen LogP contribution is -2.38. The summed E-state index contributed by atoms with van der Waals surface area (Å²) in [5.74, 6) is 1.45. The van der Waals surface area contributed by atoms with Gasteiger partial charge in [0.2, 0.25) is 16.9 Å². The van der Waals surface area contributed by atoms with E-state index in [0.717, 1.165) is 16.7 Å². The molecule has 0 saturated heterocycles. The van der Waals surface area contributed by atoms with Crippen LogP contribution < -0.4 is 19.5 Å². The maximum absolute atomic E-state index is 13.8. The topological polar surface area (TPSA) is 103 Å². The first-order valence-electron chi connectivity index (χ1n) is 13.8. The number of aromatic nitrogens is 2. The molecule has 0 saturated carbocycles. The summed E-state index contributed by atoms with van der Waals surface area (Å²) in [6.07, 6.45) is 1.37. The Morgan fingerprint density at radius 1 is 0.881 bits per heavy atom. The van der Waals surface area contributed by atoms with Crippen LogP contribution in [0, 0.1) is 0 Å². The number of ether oxygens (including phenoxy) is 3. The molecule has 4 aromatic rings. The molecule has 0 spiro atoms. The molecule has 1 atom stereocenters. The molecule has 1 aromatic heterocycles. The van der Waals surface area contributed by atoms with Crippen molar-refractivity contribution in [3.05, 3.63) is 83.9 Å². The monoisotopic (exact) mass is 588 g/mol. The fourth-order valence-electron chi connectivity index (χ4n) is 4.66. The zero-order valence-electron chi connectivity index (χ0n) is 24.3. The molecular weight excluding hydrogens is 552 g/mol. The van der Waals surface area contributed by atoms with Gasteiger partial charge in [0.15, 0.2) is 11.5 Å². The van der Waals surface area contributed by atoms with E-state index < -0.39 is 0 Å². The average molecular weight is 589 g/mol. The van der Waals surface area contributed by atoms with Gasteiger partial charge in [0.25, 0.3) is 0 Å². The lowest BCUT2D eigenvalue weighted by Gasteiger charge is -2.27. The van der Waals surface area contributed by atoms with Crippen molar-refractivity contribution in [1.29, 1.82) is 0 Å². The minimum Gasteiger partial charge on any atom is -0.497 e. The summed E-state index contributed by atoms with van der Waals surface area (Å²) in [5.41, 5.74) is 2.82. The minimum atomic E-state index is -0.298. The van der Waals surface area contributed by atoms with Gasteiger partial charge in [0, 0.05) is 25.1 Å². The van der Waals surface area contributed by atoms with Crippen molar-refractivity contribution >= 4 is 28.3 Å². The second kappa shape index (κ2) is 15.0. The normalized spacial score (nSPS) is 11.4. The third kappa shape index (κ3) is 7.85. The van der Waals surface area contributed by atoms with E-state index in [-0.39, 0.29) is 30.7 Å². The summed E-state index contributed by atoms with van der Waals surface area (Å²) in [5, 5.41) is 12.2. The van der Waals surface area contributed by atoms with Crippen molar-refractivity contribution in [1.82, 2.24) is 15.1 Å². The average Bonchev–Trinajstić information content (AvgIpc) is 3.50. The molecule has 0 bridgehead atoms. The smallest absolute Gasteiger partial charge is 0.230 e. The van der Waals surface area contributed by atoms with Crippen LogP contribution in [0.2, 0.25) is 0 Å².